The van der Waals surface area contributed by atoms with E-state index in [1.165, 1.54) is 6.08 Å². The van der Waals surface area contributed by atoms with Crippen LogP contribution in [0.25, 0.3) is 21.5 Å². The van der Waals surface area contributed by atoms with Crippen molar-refractivity contribution in [1.82, 2.24) is 0 Å². The summed E-state index contributed by atoms with van der Waals surface area (Å²) in [5.74, 6) is 1.15. The highest BCUT2D eigenvalue weighted by Crippen LogP contribution is 2.36. The molecular formula is C23H16O2. The molecule has 120 valence electrons. The lowest BCUT2D eigenvalue weighted by atomic mass is 10.0. The first-order valence-electron chi connectivity index (χ1n) is 8.12. The highest BCUT2D eigenvalue weighted by molar-refractivity contribution is 6.10. The molecule has 2 nitrogen and oxygen atoms in total. The Morgan fingerprint density at radius 2 is 1.40 bits per heavy atom. The molecule has 0 saturated carbocycles. The smallest absolute Gasteiger partial charge is 0.189 e. The maximum atomic E-state index is 12.3. The van der Waals surface area contributed by atoms with Crippen molar-refractivity contribution < 1.29 is 9.53 Å². The summed E-state index contributed by atoms with van der Waals surface area (Å²) >= 11 is 0. The summed E-state index contributed by atoms with van der Waals surface area (Å²) in [6, 6.07) is 25.6. The van der Waals surface area contributed by atoms with Gasteiger partial charge in [0.25, 0.3) is 0 Å². The minimum Gasteiger partial charge on any atom is -0.455 e. The van der Waals surface area contributed by atoms with Crippen LogP contribution in [0.5, 0.6) is 11.5 Å². The lowest BCUT2D eigenvalue weighted by molar-refractivity contribution is 0.104. The maximum Gasteiger partial charge on any atom is 0.189 e. The first kappa shape index (κ1) is 15.2. The van der Waals surface area contributed by atoms with Crippen LogP contribution in [0.15, 0.2) is 91.5 Å². The second-order valence-corrected chi connectivity index (χ2v) is 5.81. The van der Waals surface area contributed by atoms with E-state index in [0.717, 1.165) is 27.3 Å². The first-order valence-corrected chi connectivity index (χ1v) is 8.12. The Morgan fingerprint density at radius 3 is 2.16 bits per heavy atom. The van der Waals surface area contributed by atoms with E-state index in [0.29, 0.717) is 11.3 Å². The molecule has 0 atom stereocenters. The summed E-state index contributed by atoms with van der Waals surface area (Å²) in [4.78, 5) is 12.3. The van der Waals surface area contributed by atoms with Crippen LogP contribution in [-0.2, 0) is 0 Å². The van der Waals surface area contributed by atoms with Crippen LogP contribution in [-0.4, -0.2) is 5.78 Å². The highest BCUT2D eigenvalue weighted by atomic mass is 16.5. The second kappa shape index (κ2) is 6.25. The van der Waals surface area contributed by atoms with Gasteiger partial charge in [0.15, 0.2) is 5.78 Å². The monoisotopic (exact) mass is 324 g/mol. The number of rotatable bonds is 4. The van der Waals surface area contributed by atoms with E-state index in [2.05, 4.69) is 6.58 Å². The van der Waals surface area contributed by atoms with Crippen LogP contribution in [0.1, 0.15) is 10.4 Å². The second-order valence-electron chi connectivity index (χ2n) is 5.81. The molecule has 4 rings (SSSR count). The normalized spacial score (nSPS) is 10.7. The van der Waals surface area contributed by atoms with E-state index < -0.39 is 0 Å². The topological polar surface area (TPSA) is 26.3 Å². The Balaban J connectivity index is 1.96. The van der Waals surface area contributed by atoms with E-state index in [4.69, 9.17) is 4.74 Å². The number of carbonyl (C=O) groups is 1. The Hall–Kier alpha value is -3.39. The predicted molar refractivity (Wildman–Crippen MR) is 102 cm³/mol. The van der Waals surface area contributed by atoms with E-state index in [1.807, 2.05) is 72.8 Å². The lowest BCUT2D eigenvalue weighted by Crippen LogP contribution is -1.99. The molecule has 0 fully saturated rings. The number of allylic oxidation sites excluding steroid dienone is 1. The molecule has 25 heavy (non-hydrogen) atoms. The van der Waals surface area contributed by atoms with Crippen molar-refractivity contribution >= 4 is 27.3 Å². The fraction of sp³-hybridized carbons (Fsp3) is 0. The Kier molecular flexibility index (Phi) is 3.79. The van der Waals surface area contributed by atoms with Crippen LogP contribution >= 0.6 is 0 Å². The van der Waals surface area contributed by atoms with Crippen molar-refractivity contribution in [3.05, 3.63) is 97.1 Å². The summed E-state index contributed by atoms with van der Waals surface area (Å²) in [6.07, 6.45) is 1.32. The fourth-order valence-electron chi connectivity index (χ4n) is 3.05. The van der Waals surface area contributed by atoms with Crippen molar-refractivity contribution in [2.24, 2.45) is 0 Å². The number of ketones is 1. The molecule has 0 N–H and O–H groups in total. The van der Waals surface area contributed by atoms with Crippen molar-refractivity contribution in [3.63, 3.8) is 0 Å². The number of ether oxygens (including phenoxy) is 1. The van der Waals surface area contributed by atoms with E-state index in [1.54, 1.807) is 6.07 Å². The minimum absolute atomic E-state index is 0.152. The third kappa shape index (κ3) is 2.68. The van der Waals surface area contributed by atoms with Crippen molar-refractivity contribution in [2.45, 2.75) is 0 Å². The Bertz CT molecular complexity index is 1100. The fourth-order valence-corrected chi connectivity index (χ4v) is 3.05. The van der Waals surface area contributed by atoms with Gasteiger partial charge in [0.2, 0.25) is 0 Å². The van der Waals surface area contributed by atoms with E-state index >= 15 is 0 Å². The van der Waals surface area contributed by atoms with Gasteiger partial charge in [0, 0.05) is 10.8 Å². The molecule has 4 aromatic rings. The molecule has 0 radical (unpaired) electrons. The zero-order valence-electron chi connectivity index (χ0n) is 13.6. The van der Waals surface area contributed by atoms with Crippen molar-refractivity contribution in [3.8, 4) is 11.5 Å². The lowest BCUT2D eigenvalue weighted by Gasteiger charge is -2.14. The standard InChI is InChI=1S/C23H16O2/c1-2-21(24)20-15-14-17-9-4-6-12-19(17)23(20)25-22-13-7-10-16-8-3-5-11-18(16)22/h2-15H,1H2. The largest absolute Gasteiger partial charge is 0.455 e. The summed E-state index contributed by atoms with van der Waals surface area (Å²) in [7, 11) is 0. The number of carbonyl (C=O) groups excluding carboxylic acids is 1. The van der Waals surface area contributed by atoms with E-state index in [-0.39, 0.29) is 5.78 Å². The van der Waals surface area contributed by atoms with Crippen LogP contribution in [0.2, 0.25) is 0 Å². The zero-order valence-corrected chi connectivity index (χ0v) is 13.6. The van der Waals surface area contributed by atoms with Crippen LogP contribution in [0.4, 0.5) is 0 Å². The molecule has 4 aromatic carbocycles. The highest BCUT2D eigenvalue weighted by Gasteiger charge is 2.15. The van der Waals surface area contributed by atoms with E-state index in [9.17, 15) is 4.79 Å². The number of fused-ring (bicyclic) bond motifs is 2. The van der Waals surface area contributed by atoms with Gasteiger partial charge >= 0.3 is 0 Å². The van der Waals surface area contributed by atoms with Crippen LogP contribution in [0, 0.1) is 0 Å². The molecule has 0 amide bonds. The minimum atomic E-state index is -0.152. The number of benzene rings is 4. The molecule has 0 heterocycles. The summed E-state index contributed by atoms with van der Waals surface area (Å²) in [6.45, 7) is 3.61. The van der Waals surface area contributed by atoms with Gasteiger partial charge in [-0.15, -0.1) is 0 Å². The summed E-state index contributed by atoms with van der Waals surface area (Å²) in [5, 5.41) is 4.04. The predicted octanol–water partition coefficient (Wildman–Crippen LogP) is 6.15. The summed E-state index contributed by atoms with van der Waals surface area (Å²) in [5.41, 5.74) is 0.515. The number of hydrogen-bond acceptors (Lipinski definition) is 2. The first-order chi connectivity index (χ1) is 12.3. The number of hydrogen-bond donors (Lipinski definition) is 0. The molecule has 0 bridgehead atoms. The third-order valence-corrected chi connectivity index (χ3v) is 4.29. The van der Waals surface area contributed by atoms with Gasteiger partial charge in [0.1, 0.15) is 11.5 Å². The van der Waals surface area contributed by atoms with Gasteiger partial charge in [-0.2, -0.15) is 0 Å². The van der Waals surface area contributed by atoms with Crippen molar-refractivity contribution in [1.29, 1.82) is 0 Å². The Labute approximate surface area is 146 Å². The van der Waals surface area contributed by atoms with Gasteiger partial charge in [-0.05, 0) is 29.0 Å². The zero-order chi connectivity index (χ0) is 17.2. The SMILES string of the molecule is C=CC(=O)c1ccc2ccccc2c1Oc1cccc2ccccc12. The van der Waals surface area contributed by atoms with Crippen molar-refractivity contribution in [2.75, 3.05) is 0 Å². The average molecular weight is 324 g/mol. The molecule has 0 aliphatic rings. The average Bonchev–Trinajstić information content (AvgIpc) is 2.68. The van der Waals surface area contributed by atoms with Gasteiger partial charge in [-0.1, -0.05) is 73.3 Å². The molecule has 0 saturated heterocycles. The third-order valence-electron chi connectivity index (χ3n) is 4.29. The summed E-state index contributed by atoms with van der Waals surface area (Å²) < 4.78 is 6.29. The molecular weight excluding hydrogens is 308 g/mol. The quantitative estimate of drug-likeness (QED) is 0.332. The Morgan fingerprint density at radius 1 is 0.760 bits per heavy atom. The molecule has 0 unspecified atom stereocenters. The molecule has 0 aromatic heterocycles. The molecule has 2 heteroatoms. The van der Waals surface area contributed by atoms with Gasteiger partial charge in [0.05, 0.1) is 5.56 Å². The molecule has 0 aliphatic heterocycles. The maximum absolute atomic E-state index is 12.3. The van der Waals surface area contributed by atoms with Crippen LogP contribution in [0.3, 0.4) is 0 Å². The van der Waals surface area contributed by atoms with Gasteiger partial charge in [-0.3, -0.25) is 4.79 Å². The molecule has 0 spiro atoms. The molecule has 0 aliphatic carbocycles. The van der Waals surface area contributed by atoms with Crippen LogP contribution < -0.4 is 4.74 Å². The van der Waals surface area contributed by atoms with Gasteiger partial charge < -0.3 is 4.74 Å². The van der Waals surface area contributed by atoms with Gasteiger partial charge in [-0.25, -0.2) is 0 Å².